The van der Waals surface area contributed by atoms with Crippen LogP contribution in [0.25, 0.3) is 10.9 Å². The van der Waals surface area contributed by atoms with Crippen molar-refractivity contribution in [1.82, 2.24) is 14.3 Å². The topological polar surface area (TPSA) is 99.8 Å². The molecule has 0 radical (unpaired) electrons. The summed E-state index contributed by atoms with van der Waals surface area (Å²) in [7, 11) is -2.03. The Morgan fingerprint density at radius 1 is 1.19 bits per heavy atom. The number of aromatic nitrogens is 2. The lowest BCUT2D eigenvalue weighted by molar-refractivity contribution is 0.588. The molecule has 10 heteroatoms. The molecule has 2 heterocycles. The van der Waals surface area contributed by atoms with E-state index in [1.807, 2.05) is 25.2 Å². The number of pyridine rings is 1. The van der Waals surface area contributed by atoms with Crippen LogP contribution in [0.4, 0.5) is 11.4 Å². The van der Waals surface area contributed by atoms with Crippen LogP contribution in [0.15, 0.2) is 72.0 Å². The van der Waals surface area contributed by atoms with E-state index in [0.29, 0.717) is 34.0 Å². The van der Waals surface area contributed by atoms with Gasteiger partial charge in [0.2, 0.25) is 0 Å². The lowest BCUT2D eigenvalue weighted by atomic mass is 10.1. The zero-order valence-corrected chi connectivity index (χ0v) is 19.3. The zero-order valence-electron chi connectivity index (χ0n) is 16.9. The molecule has 0 aliphatic carbocycles. The van der Waals surface area contributed by atoms with Gasteiger partial charge in [0.1, 0.15) is 4.90 Å². The number of rotatable bonds is 6. The van der Waals surface area contributed by atoms with Crippen molar-refractivity contribution >= 4 is 56.3 Å². The number of anilines is 2. The minimum Gasteiger partial charge on any atom is -0.354 e. The molecule has 2 N–H and O–H groups in total. The second kappa shape index (κ2) is 9.59. The smallest absolute Gasteiger partial charge is 0.269 e. The molecule has 0 unspecified atom stereocenters. The number of hydrogen-bond donors (Lipinski definition) is 2. The average Bonchev–Trinajstić information content (AvgIpc) is 3.14. The van der Waals surface area contributed by atoms with Gasteiger partial charge in [-0.1, -0.05) is 17.7 Å². The van der Waals surface area contributed by atoms with Crippen molar-refractivity contribution in [3.63, 3.8) is 0 Å². The summed E-state index contributed by atoms with van der Waals surface area (Å²) in [5.74, 6) is 0. The molecule has 2 aromatic heterocycles. The summed E-state index contributed by atoms with van der Waals surface area (Å²) >= 11 is 6.28. The SMILES string of the molecule is CNCc1cn(S(=O)(=O)c2cccnc2)c2cc(Nc3ccc(C#N)cc3Cl)ccc12.Cl. The molecule has 4 aromatic rings. The van der Waals surface area contributed by atoms with Gasteiger partial charge in [-0.15, -0.1) is 12.4 Å². The van der Waals surface area contributed by atoms with E-state index < -0.39 is 10.0 Å². The first-order valence-electron chi connectivity index (χ1n) is 9.35. The van der Waals surface area contributed by atoms with Crippen molar-refractivity contribution in [1.29, 1.82) is 5.26 Å². The summed E-state index contributed by atoms with van der Waals surface area (Å²) in [4.78, 5) is 4.05. The first-order valence-corrected chi connectivity index (χ1v) is 11.2. The average molecular weight is 488 g/mol. The quantitative estimate of drug-likeness (QED) is 0.409. The summed E-state index contributed by atoms with van der Waals surface area (Å²) in [6.07, 6.45) is 4.49. The third-order valence-corrected chi connectivity index (χ3v) is 6.76. The molecule has 0 bridgehead atoms. The van der Waals surface area contributed by atoms with Gasteiger partial charge in [0.05, 0.1) is 27.9 Å². The number of fused-ring (bicyclic) bond motifs is 1. The molecule has 0 saturated heterocycles. The molecule has 0 aliphatic rings. The second-order valence-electron chi connectivity index (χ2n) is 6.84. The fourth-order valence-corrected chi connectivity index (χ4v) is 4.90. The molecule has 0 amide bonds. The van der Waals surface area contributed by atoms with Gasteiger partial charge in [0.15, 0.2) is 0 Å². The number of hydrogen-bond acceptors (Lipinski definition) is 6. The summed E-state index contributed by atoms with van der Waals surface area (Å²) in [6, 6.07) is 15.6. The Balaban J connectivity index is 0.00000289. The normalized spacial score (nSPS) is 11.0. The van der Waals surface area contributed by atoms with Crippen LogP contribution in [0.3, 0.4) is 0 Å². The van der Waals surface area contributed by atoms with Gasteiger partial charge in [0, 0.05) is 36.2 Å². The van der Waals surface area contributed by atoms with Gasteiger partial charge in [-0.25, -0.2) is 12.4 Å². The Morgan fingerprint density at radius 2 is 2.00 bits per heavy atom. The van der Waals surface area contributed by atoms with Crippen molar-refractivity contribution in [2.75, 3.05) is 12.4 Å². The van der Waals surface area contributed by atoms with Crippen molar-refractivity contribution < 1.29 is 8.42 Å². The third-order valence-electron chi connectivity index (χ3n) is 4.79. The van der Waals surface area contributed by atoms with Gasteiger partial charge >= 0.3 is 0 Å². The fourth-order valence-electron chi connectivity index (χ4n) is 3.33. The van der Waals surface area contributed by atoms with Crippen molar-refractivity contribution in [3.05, 3.63) is 83.3 Å². The van der Waals surface area contributed by atoms with Crippen molar-refractivity contribution in [3.8, 4) is 6.07 Å². The van der Waals surface area contributed by atoms with Crippen LogP contribution in [-0.4, -0.2) is 24.4 Å². The molecule has 0 aliphatic heterocycles. The van der Waals surface area contributed by atoms with Crippen LogP contribution < -0.4 is 10.6 Å². The summed E-state index contributed by atoms with van der Waals surface area (Å²) in [5.41, 5.74) is 3.12. The monoisotopic (exact) mass is 487 g/mol. The maximum Gasteiger partial charge on any atom is 0.269 e. The van der Waals surface area contributed by atoms with Crippen LogP contribution >= 0.6 is 24.0 Å². The second-order valence-corrected chi connectivity index (χ2v) is 9.06. The highest BCUT2D eigenvalue weighted by molar-refractivity contribution is 7.90. The first-order chi connectivity index (χ1) is 14.9. The van der Waals surface area contributed by atoms with Crippen LogP contribution in [0.2, 0.25) is 5.02 Å². The van der Waals surface area contributed by atoms with E-state index in [1.54, 1.807) is 36.5 Å². The Kier molecular flexibility index (Phi) is 7.06. The van der Waals surface area contributed by atoms with Gasteiger partial charge in [-0.05, 0) is 55.1 Å². The Labute approximate surface area is 197 Å². The number of nitrogens with one attached hydrogen (secondary N) is 2. The first kappa shape index (κ1) is 23.6. The molecule has 32 heavy (non-hydrogen) atoms. The number of halogens is 2. The molecule has 4 rings (SSSR count). The van der Waals surface area contributed by atoms with Crippen molar-refractivity contribution in [2.45, 2.75) is 11.4 Å². The maximum atomic E-state index is 13.3. The molecule has 7 nitrogen and oxygen atoms in total. The van der Waals surface area contributed by atoms with Gasteiger partial charge in [-0.2, -0.15) is 5.26 Å². The number of nitrogens with zero attached hydrogens (tertiary/aromatic N) is 3. The van der Waals surface area contributed by atoms with Crippen LogP contribution in [0.5, 0.6) is 0 Å². The largest absolute Gasteiger partial charge is 0.354 e. The molecule has 164 valence electrons. The minimum atomic E-state index is -3.83. The molecule has 0 atom stereocenters. The van der Waals surface area contributed by atoms with Crippen LogP contribution in [0.1, 0.15) is 11.1 Å². The summed E-state index contributed by atoms with van der Waals surface area (Å²) in [6.45, 7) is 0.514. The highest BCUT2D eigenvalue weighted by Crippen LogP contribution is 2.31. The van der Waals surface area contributed by atoms with E-state index in [1.165, 1.54) is 22.4 Å². The Morgan fingerprint density at radius 3 is 2.66 bits per heavy atom. The van der Waals surface area contributed by atoms with Crippen molar-refractivity contribution in [2.24, 2.45) is 0 Å². The van der Waals surface area contributed by atoms with E-state index in [2.05, 4.69) is 15.6 Å². The number of nitriles is 1. The minimum absolute atomic E-state index is 0. The maximum absolute atomic E-state index is 13.3. The molecule has 0 saturated carbocycles. The van der Waals surface area contributed by atoms with Gasteiger partial charge in [0.25, 0.3) is 10.0 Å². The van der Waals surface area contributed by atoms with E-state index in [-0.39, 0.29) is 17.3 Å². The van der Waals surface area contributed by atoms with Gasteiger partial charge < -0.3 is 10.6 Å². The molecular formula is C22H19Cl2N5O2S. The van der Waals surface area contributed by atoms with E-state index in [0.717, 1.165) is 10.9 Å². The predicted octanol–water partition coefficient (Wildman–Crippen LogP) is 4.68. The highest BCUT2D eigenvalue weighted by Gasteiger charge is 2.21. The van der Waals surface area contributed by atoms with Gasteiger partial charge in [-0.3, -0.25) is 4.98 Å². The standard InChI is InChI=1S/C22H18ClN5O2S.ClH/c1-25-12-16-14-28(31(29,30)18-3-2-8-26-13-18)22-10-17(5-6-19(16)22)27-21-7-4-15(11-24)9-20(21)23;/h2-10,13-14,25,27H,12H2,1H3;1H. The third kappa shape index (κ3) is 4.42. The fraction of sp³-hybridized carbons (Fsp3) is 0.0909. The van der Waals surface area contributed by atoms with Crippen LogP contribution in [-0.2, 0) is 16.6 Å². The predicted molar refractivity (Wildman–Crippen MR) is 128 cm³/mol. The highest BCUT2D eigenvalue weighted by atomic mass is 35.5. The lowest BCUT2D eigenvalue weighted by Gasteiger charge is -2.11. The zero-order chi connectivity index (χ0) is 22.0. The van der Waals surface area contributed by atoms with E-state index in [9.17, 15) is 8.42 Å². The lowest BCUT2D eigenvalue weighted by Crippen LogP contribution is -2.12. The van der Waals surface area contributed by atoms with Crippen LogP contribution in [0, 0.1) is 11.3 Å². The van der Waals surface area contributed by atoms with E-state index in [4.69, 9.17) is 16.9 Å². The summed E-state index contributed by atoms with van der Waals surface area (Å²) < 4.78 is 27.9. The Hall–Kier alpha value is -3.09. The Bertz CT molecular complexity index is 1410. The number of benzene rings is 2. The molecule has 0 fully saturated rings. The molecule has 2 aromatic carbocycles. The summed E-state index contributed by atoms with van der Waals surface area (Å²) in [5, 5.41) is 16.5. The molecule has 0 spiro atoms. The van der Waals surface area contributed by atoms with E-state index >= 15 is 0 Å². The molecular weight excluding hydrogens is 469 g/mol.